The minimum Gasteiger partial charge on any atom is -0.375 e. The highest BCUT2D eigenvalue weighted by atomic mass is 16.5. The normalized spacial score (nSPS) is 22.3. The summed E-state index contributed by atoms with van der Waals surface area (Å²) in [4.78, 5) is 17.9. The molecule has 0 radical (unpaired) electrons. The molecule has 0 N–H and O–H groups in total. The molecule has 126 valence electrons. The average molecular weight is 320 g/mol. The van der Waals surface area contributed by atoms with Gasteiger partial charge in [0.2, 0.25) is 5.91 Å². The lowest BCUT2D eigenvalue weighted by atomic mass is 9.79. The zero-order valence-electron chi connectivity index (χ0n) is 13.6. The largest absolute Gasteiger partial charge is 0.375 e. The highest BCUT2D eigenvalue weighted by molar-refractivity contribution is 5.78. The maximum absolute atomic E-state index is 11.8. The monoisotopic (exact) mass is 320 g/mol. The first-order chi connectivity index (χ1) is 11.2. The van der Waals surface area contributed by atoms with Crippen LogP contribution in [0.4, 0.5) is 0 Å². The molecule has 0 bridgehead atoms. The molecule has 6 heteroatoms. The van der Waals surface area contributed by atoms with Crippen molar-refractivity contribution in [3.05, 3.63) is 30.1 Å². The molecule has 0 unspecified atom stereocenters. The number of aromatic nitrogens is 1. The molecule has 6 nitrogen and oxygen atoms in total. The molecule has 2 aliphatic rings. The van der Waals surface area contributed by atoms with Crippen LogP contribution in [0.25, 0.3) is 0 Å². The summed E-state index contributed by atoms with van der Waals surface area (Å²) in [5, 5.41) is 0. The predicted octanol–water partition coefficient (Wildman–Crippen LogP) is 1.25. The minimum atomic E-state index is -0.155. The second-order valence-electron chi connectivity index (χ2n) is 6.24. The van der Waals surface area contributed by atoms with Crippen LogP contribution >= 0.6 is 0 Å². The molecular formula is C17H24N2O4. The van der Waals surface area contributed by atoms with E-state index in [9.17, 15) is 4.79 Å². The van der Waals surface area contributed by atoms with Crippen molar-refractivity contribution in [3.8, 4) is 0 Å². The molecule has 23 heavy (non-hydrogen) atoms. The van der Waals surface area contributed by atoms with Crippen LogP contribution < -0.4 is 0 Å². The first-order valence-corrected chi connectivity index (χ1v) is 8.12. The van der Waals surface area contributed by atoms with Crippen LogP contribution in [0.1, 0.15) is 18.5 Å². The van der Waals surface area contributed by atoms with E-state index in [0.29, 0.717) is 32.2 Å². The molecule has 2 fully saturated rings. The van der Waals surface area contributed by atoms with Gasteiger partial charge in [-0.3, -0.25) is 9.78 Å². The summed E-state index contributed by atoms with van der Waals surface area (Å²) < 4.78 is 16.6. The summed E-state index contributed by atoms with van der Waals surface area (Å²) in [6, 6.07) is 5.83. The van der Waals surface area contributed by atoms with Gasteiger partial charge in [-0.2, -0.15) is 0 Å². The molecule has 0 aromatic carbocycles. The molecule has 1 aromatic heterocycles. The molecule has 3 rings (SSSR count). The Morgan fingerprint density at radius 3 is 3.09 bits per heavy atom. The first kappa shape index (κ1) is 16.4. The summed E-state index contributed by atoms with van der Waals surface area (Å²) in [7, 11) is 1.54. The second-order valence-corrected chi connectivity index (χ2v) is 6.24. The van der Waals surface area contributed by atoms with Crippen LogP contribution in [0.15, 0.2) is 24.4 Å². The van der Waals surface area contributed by atoms with Crippen molar-refractivity contribution in [2.45, 2.75) is 25.0 Å². The number of rotatable bonds is 7. The Balaban J connectivity index is 1.41. The Kier molecular flexibility index (Phi) is 5.25. The third-order valence-corrected chi connectivity index (χ3v) is 4.72. The summed E-state index contributed by atoms with van der Waals surface area (Å²) in [6.45, 7) is 3.52. The van der Waals surface area contributed by atoms with Crippen molar-refractivity contribution in [1.82, 2.24) is 9.88 Å². The number of likely N-dealkylation sites (tertiary alicyclic amines) is 1. The number of methoxy groups -OCH3 is 1. The molecule has 1 spiro atoms. The zero-order valence-corrected chi connectivity index (χ0v) is 13.6. The van der Waals surface area contributed by atoms with Crippen molar-refractivity contribution in [1.29, 1.82) is 0 Å². The lowest BCUT2D eigenvalue weighted by molar-refractivity contribution is -0.169. The molecule has 0 aliphatic carbocycles. The minimum absolute atomic E-state index is 0.0405. The number of carbonyl (C=O) groups excluding carboxylic acids is 1. The van der Waals surface area contributed by atoms with Gasteiger partial charge in [0.25, 0.3) is 0 Å². The standard InChI is InChI=1S/C17H24N2O4/c1-21-11-16(20)19-12-17(13-19)14(6-9-23-17)5-8-22-10-15-4-2-3-7-18-15/h2-4,7,14H,5-6,8-13H2,1H3/t14-/m1/s1. The maximum Gasteiger partial charge on any atom is 0.248 e. The van der Waals surface area contributed by atoms with Crippen LogP contribution in [0.5, 0.6) is 0 Å². The number of pyridine rings is 1. The number of carbonyl (C=O) groups is 1. The molecule has 2 aliphatic heterocycles. The summed E-state index contributed by atoms with van der Waals surface area (Å²) in [6.07, 6.45) is 3.77. The van der Waals surface area contributed by atoms with E-state index in [2.05, 4.69) is 4.98 Å². The van der Waals surface area contributed by atoms with Crippen molar-refractivity contribution in [2.75, 3.05) is 40.0 Å². The van der Waals surface area contributed by atoms with Crippen molar-refractivity contribution in [2.24, 2.45) is 5.92 Å². The number of amides is 1. The van der Waals surface area contributed by atoms with Gasteiger partial charge >= 0.3 is 0 Å². The molecule has 2 saturated heterocycles. The van der Waals surface area contributed by atoms with Gasteiger partial charge in [-0.05, 0) is 30.9 Å². The van der Waals surface area contributed by atoms with Gasteiger partial charge in [0, 0.05) is 26.5 Å². The van der Waals surface area contributed by atoms with Crippen molar-refractivity contribution in [3.63, 3.8) is 0 Å². The summed E-state index contributed by atoms with van der Waals surface area (Å²) in [5.41, 5.74) is 0.794. The fraction of sp³-hybridized carbons (Fsp3) is 0.647. The first-order valence-electron chi connectivity index (χ1n) is 8.12. The lowest BCUT2D eigenvalue weighted by Gasteiger charge is -2.50. The molecule has 1 atom stereocenters. The van der Waals surface area contributed by atoms with Gasteiger partial charge in [-0.1, -0.05) is 6.07 Å². The van der Waals surface area contributed by atoms with Crippen LogP contribution in [0.2, 0.25) is 0 Å². The Labute approximate surface area is 136 Å². The van der Waals surface area contributed by atoms with Gasteiger partial charge < -0.3 is 19.1 Å². The molecule has 3 heterocycles. The SMILES string of the molecule is COCC(=O)N1CC2(C1)OCC[C@H]2CCOCc1ccccn1. The van der Waals surface area contributed by atoms with E-state index >= 15 is 0 Å². The highest BCUT2D eigenvalue weighted by Gasteiger charge is 2.53. The number of hydrogen-bond acceptors (Lipinski definition) is 5. The van der Waals surface area contributed by atoms with E-state index in [-0.39, 0.29) is 18.1 Å². The second kappa shape index (κ2) is 7.38. The van der Waals surface area contributed by atoms with Gasteiger partial charge in [-0.25, -0.2) is 0 Å². The van der Waals surface area contributed by atoms with Crippen LogP contribution in [0.3, 0.4) is 0 Å². The third-order valence-electron chi connectivity index (χ3n) is 4.72. The Bertz CT molecular complexity index is 517. The maximum atomic E-state index is 11.8. The fourth-order valence-electron chi connectivity index (χ4n) is 3.42. The average Bonchev–Trinajstić information content (AvgIpc) is 2.95. The topological polar surface area (TPSA) is 60.9 Å². The van der Waals surface area contributed by atoms with Gasteiger partial charge in [-0.15, -0.1) is 0 Å². The van der Waals surface area contributed by atoms with E-state index in [1.54, 1.807) is 13.3 Å². The van der Waals surface area contributed by atoms with Gasteiger partial charge in [0.05, 0.1) is 25.4 Å². The predicted molar refractivity (Wildman–Crippen MR) is 83.8 cm³/mol. The summed E-state index contributed by atoms with van der Waals surface area (Å²) >= 11 is 0. The van der Waals surface area contributed by atoms with Gasteiger partial charge in [0.15, 0.2) is 0 Å². The Morgan fingerprint density at radius 2 is 2.35 bits per heavy atom. The van der Waals surface area contributed by atoms with E-state index in [1.807, 2.05) is 23.1 Å². The smallest absolute Gasteiger partial charge is 0.248 e. The van der Waals surface area contributed by atoms with Crippen LogP contribution in [-0.2, 0) is 25.6 Å². The number of hydrogen-bond donors (Lipinski definition) is 0. The fourth-order valence-corrected chi connectivity index (χ4v) is 3.42. The van der Waals surface area contributed by atoms with Crippen LogP contribution in [-0.4, -0.2) is 61.4 Å². The number of nitrogens with zero attached hydrogens (tertiary/aromatic N) is 2. The van der Waals surface area contributed by atoms with E-state index in [0.717, 1.165) is 25.1 Å². The Morgan fingerprint density at radius 1 is 1.48 bits per heavy atom. The van der Waals surface area contributed by atoms with Crippen molar-refractivity contribution >= 4 is 5.91 Å². The highest BCUT2D eigenvalue weighted by Crippen LogP contribution is 2.41. The van der Waals surface area contributed by atoms with Crippen LogP contribution in [0, 0.1) is 5.92 Å². The quantitative estimate of drug-likeness (QED) is 0.708. The number of ether oxygens (including phenoxy) is 3. The molecule has 1 aromatic rings. The van der Waals surface area contributed by atoms with E-state index < -0.39 is 0 Å². The van der Waals surface area contributed by atoms with Crippen molar-refractivity contribution < 1.29 is 19.0 Å². The molecular weight excluding hydrogens is 296 g/mol. The summed E-state index contributed by atoms with van der Waals surface area (Å²) in [5.74, 6) is 0.497. The molecule has 1 amide bonds. The zero-order chi connectivity index (χ0) is 16.1. The third kappa shape index (κ3) is 3.71. The Hall–Kier alpha value is -1.50. The van der Waals surface area contributed by atoms with E-state index in [4.69, 9.17) is 14.2 Å². The van der Waals surface area contributed by atoms with Gasteiger partial charge in [0.1, 0.15) is 12.2 Å². The lowest BCUT2D eigenvalue weighted by Crippen LogP contribution is -2.66. The van der Waals surface area contributed by atoms with E-state index in [1.165, 1.54) is 0 Å². The molecule has 0 saturated carbocycles.